The van der Waals surface area contributed by atoms with Gasteiger partial charge in [-0.3, -0.25) is 14.5 Å². The van der Waals surface area contributed by atoms with Crippen LogP contribution in [0, 0.1) is 0 Å². The van der Waals surface area contributed by atoms with Gasteiger partial charge in [0, 0.05) is 6.54 Å². The molecule has 1 aromatic carbocycles. The summed E-state index contributed by atoms with van der Waals surface area (Å²) in [5.41, 5.74) is -0.0714. The van der Waals surface area contributed by atoms with Gasteiger partial charge in [-0.1, -0.05) is 6.07 Å². The molecule has 1 atom stereocenters. The molecule has 3 rings (SSSR count). The molecule has 2 heterocycles. The lowest BCUT2D eigenvalue weighted by atomic mass is 9.93. The third kappa shape index (κ3) is 2.99. The number of carbonyl (C=O) groups excluding carboxylic acids is 2. The summed E-state index contributed by atoms with van der Waals surface area (Å²) >= 11 is 0. The molecule has 0 aliphatic carbocycles. The van der Waals surface area contributed by atoms with Gasteiger partial charge in [-0.05, 0) is 37.5 Å². The number of ether oxygens (including phenoxy) is 2. The molecular formula is C16H18N2O6. The van der Waals surface area contributed by atoms with Crippen molar-refractivity contribution < 1.29 is 29.0 Å². The van der Waals surface area contributed by atoms with E-state index in [1.54, 1.807) is 6.92 Å². The Morgan fingerprint density at radius 2 is 2.08 bits per heavy atom. The van der Waals surface area contributed by atoms with Crippen LogP contribution in [0.2, 0.25) is 0 Å². The van der Waals surface area contributed by atoms with Gasteiger partial charge in [0.15, 0.2) is 11.5 Å². The fourth-order valence-electron chi connectivity index (χ4n) is 2.82. The number of carboxylic acids is 1. The molecule has 1 aromatic rings. The number of hydrogen-bond donors (Lipinski definition) is 2. The molecule has 0 radical (unpaired) electrons. The number of nitrogens with zero attached hydrogens (tertiary/aromatic N) is 1. The van der Waals surface area contributed by atoms with Crippen LogP contribution in [0.5, 0.6) is 11.5 Å². The monoisotopic (exact) mass is 334 g/mol. The maximum Gasteiger partial charge on any atom is 0.325 e. The Balaban J connectivity index is 1.65. The highest BCUT2D eigenvalue weighted by molar-refractivity contribution is 6.06. The van der Waals surface area contributed by atoms with Crippen LogP contribution in [-0.2, 0) is 16.0 Å². The van der Waals surface area contributed by atoms with Crippen molar-refractivity contribution in [2.24, 2.45) is 0 Å². The van der Waals surface area contributed by atoms with Gasteiger partial charge in [0.1, 0.15) is 5.54 Å². The highest BCUT2D eigenvalue weighted by Gasteiger charge is 2.47. The largest absolute Gasteiger partial charge is 0.481 e. The maximum absolute atomic E-state index is 12.5. The number of urea groups is 1. The molecule has 2 N–H and O–H groups in total. The van der Waals surface area contributed by atoms with Crippen molar-refractivity contribution in [2.75, 3.05) is 13.3 Å². The standard InChI is InChI=1S/C16H18N2O6/c1-16(14(21)18(15(22)17-16)7-5-13(19)20)6-4-10-2-3-11-12(8-10)24-9-23-11/h2-3,8H,4-7,9H2,1H3,(H,17,22)(H,19,20). The highest BCUT2D eigenvalue weighted by Crippen LogP contribution is 2.33. The molecule has 8 nitrogen and oxygen atoms in total. The Bertz CT molecular complexity index is 704. The van der Waals surface area contributed by atoms with Crippen molar-refractivity contribution >= 4 is 17.9 Å². The average molecular weight is 334 g/mol. The third-order valence-corrected chi connectivity index (χ3v) is 4.25. The van der Waals surface area contributed by atoms with E-state index in [0.29, 0.717) is 24.3 Å². The van der Waals surface area contributed by atoms with Crippen molar-refractivity contribution in [3.63, 3.8) is 0 Å². The summed E-state index contributed by atoms with van der Waals surface area (Å²) < 4.78 is 10.6. The maximum atomic E-state index is 12.5. The third-order valence-electron chi connectivity index (χ3n) is 4.25. The Kier molecular flexibility index (Phi) is 4.04. The number of aliphatic carboxylic acids is 1. The van der Waals surface area contributed by atoms with Gasteiger partial charge in [0.05, 0.1) is 6.42 Å². The lowest BCUT2D eigenvalue weighted by molar-refractivity contribution is -0.138. The van der Waals surface area contributed by atoms with Crippen LogP contribution in [0.15, 0.2) is 18.2 Å². The Morgan fingerprint density at radius 3 is 2.83 bits per heavy atom. The van der Waals surface area contributed by atoms with E-state index in [9.17, 15) is 14.4 Å². The number of carbonyl (C=O) groups is 3. The van der Waals surface area contributed by atoms with E-state index in [-0.39, 0.29) is 19.8 Å². The number of fused-ring (bicyclic) bond motifs is 1. The molecule has 0 saturated carbocycles. The summed E-state index contributed by atoms with van der Waals surface area (Å²) in [6.45, 7) is 1.73. The minimum atomic E-state index is -1.05. The second kappa shape index (κ2) is 6.03. The van der Waals surface area contributed by atoms with Gasteiger partial charge in [-0.2, -0.15) is 0 Å². The first-order valence-corrected chi connectivity index (χ1v) is 7.63. The van der Waals surface area contributed by atoms with E-state index in [2.05, 4.69) is 5.32 Å². The van der Waals surface area contributed by atoms with E-state index in [1.165, 1.54) is 0 Å². The number of aryl methyl sites for hydroxylation is 1. The molecule has 24 heavy (non-hydrogen) atoms. The van der Waals surface area contributed by atoms with Gasteiger partial charge in [-0.15, -0.1) is 0 Å². The molecule has 128 valence electrons. The minimum Gasteiger partial charge on any atom is -0.481 e. The van der Waals surface area contributed by atoms with Crippen LogP contribution < -0.4 is 14.8 Å². The quantitative estimate of drug-likeness (QED) is 0.756. The van der Waals surface area contributed by atoms with Crippen LogP contribution in [-0.4, -0.2) is 46.8 Å². The second-order valence-electron chi connectivity index (χ2n) is 6.05. The molecule has 1 fully saturated rings. The predicted molar refractivity (Wildman–Crippen MR) is 81.8 cm³/mol. The van der Waals surface area contributed by atoms with Gasteiger partial charge < -0.3 is 19.9 Å². The lowest BCUT2D eigenvalue weighted by Crippen LogP contribution is -2.44. The highest BCUT2D eigenvalue weighted by atomic mass is 16.7. The molecule has 2 aliphatic heterocycles. The van der Waals surface area contributed by atoms with Gasteiger partial charge in [0.2, 0.25) is 6.79 Å². The predicted octanol–water partition coefficient (Wildman–Crippen LogP) is 1.13. The normalized spacial score (nSPS) is 22.0. The van der Waals surface area contributed by atoms with Gasteiger partial charge in [0.25, 0.3) is 5.91 Å². The number of amides is 3. The number of hydrogen-bond acceptors (Lipinski definition) is 5. The van der Waals surface area contributed by atoms with Gasteiger partial charge >= 0.3 is 12.0 Å². The second-order valence-corrected chi connectivity index (χ2v) is 6.05. The van der Waals surface area contributed by atoms with Crippen molar-refractivity contribution in [3.05, 3.63) is 23.8 Å². The summed E-state index contributed by atoms with van der Waals surface area (Å²) in [5.74, 6) is -0.0865. The lowest BCUT2D eigenvalue weighted by Gasteiger charge is -2.21. The summed E-state index contributed by atoms with van der Waals surface area (Å²) in [4.78, 5) is 36.0. The molecular weight excluding hydrogens is 316 g/mol. The summed E-state index contributed by atoms with van der Waals surface area (Å²) in [5, 5.41) is 11.4. The fraction of sp³-hybridized carbons (Fsp3) is 0.438. The number of carboxylic acid groups (broad SMARTS) is 1. The Morgan fingerprint density at radius 1 is 1.33 bits per heavy atom. The van der Waals surface area contributed by atoms with Crippen molar-refractivity contribution in [1.82, 2.24) is 10.2 Å². The van der Waals surface area contributed by atoms with E-state index in [4.69, 9.17) is 14.6 Å². The van der Waals surface area contributed by atoms with Crippen LogP contribution in [0.1, 0.15) is 25.3 Å². The smallest absolute Gasteiger partial charge is 0.325 e. The number of nitrogens with one attached hydrogen (secondary N) is 1. The molecule has 1 unspecified atom stereocenters. The first-order valence-electron chi connectivity index (χ1n) is 7.63. The van der Waals surface area contributed by atoms with E-state index in [0.717, 1.165) is 10.5 Å². The van der Waals surface area contributed by atoms with E-state index >= 15 is 0 Å². The molecule has 2 aliphatic rings. The number of imide groups is 1. The number of benzene rings is 1. The topological polar surface area (TPSA) is 105 Å². The number of rotatable bonds is 6. The molecule has 0 spiro atoms. The molecule has 8 heteroatoms. The average Bonchev–Trinajstić information content (AvgIpc) is 3.07. The first kappa shape index (κ1) is 16.1. The van der Waals surface area contributed by atoms with Crippen molar-refractivity contribution in [2.45, 2.75) is 31.7 Å². The van der Waals surface area contributed by atoms with Crippen molar-refractivity contribution in [3.8, 4) is 11.5 Å². The molecule has 3 amide bonds. The van der Waals surface area contributed by atoms with Gasteiger partial charge in [-0.25, -0.2) is 4.79 Å². The first-order chi connectivity index (χ1) is 11.4. The molecule has 0 aromatic heterocycles. The zero-order valence-corrected chi connectivity index (χ0v) is 13.2. The Hall–Kier alpha value is -2.77. The zero-order valence-electron chi connectivity index (χ0n) is 13.2. The fourth-order valence-corrected chi connectivity index (χ4v) is 2.82. The molecule has 1 saturated heterocycles. The summed E-state index contributed by atoms with van der Waals surface area (Å²) in [6, 6.07) is 5.01. The van der Waals surface area contributed by atoms with E-state index in [1.807, 2.05) is 18.2 Å². The van der Waals surface area contributed by atoms with Crippen LogP contribution in [0.25, 0.3) is 0 Å². The van der Waals surface area contributed by atoms with Crippen molar-refractivity contribution in [1.29, 1.82) is 0 Å². The zero-order chi connectivity index (χ0) is 17.3. The van der Waals surface area contributed by atoms with Crippen LogP contribution >= 0.6 is 0 Å². The Labute approximate surface area is 138 Å². The van der Waals surface area contributed by atoms with Crippen LogP contribution in [0.4, 0.5) is 4.79 Å². The molecule has 0 bridgehead atoms. The summed E-state index contributed by atoms with van der Waals surface area (Å²) in [6.07, 6.45) is 0.699. The minimum absolute atomic E-state index is 0.125. The van der Waals surface area contributed by atoms with Crippen LogP contribution in [0.3, 0.4) is 0 Å². The SMILES string of the molecule is CC1(CCc2ccc3c(c2)OCO3)NC(=O)N(CCC(=O)O)C1=O. The van der Waals surface area contributed by atoms with E-state index < -0.39 is 23.4 Å². The summed E-state index contributed by atoms with van der Waals surface area (Å²) in [7, 11) is 0.